The van der Waals surface area contributed by atoms with Crippen molar-refractivity contribution in [3.63, 3.8) is 0 Å². The van der Waals surface area contributed by atoms with Crippen LogP contribution < -0.4 is 5.32 Å². The first-order valence-corrected chi connectivity index (χ1v) is 8.87. The standard InChI is InChI=1S/C20H17N5O4/c1-12-2-3-15(22-16-11-17(27)25(8-9-26)20(16)28)14(10-12)19-24-23-18(29-19)13-4-6-21-7-5-13/h2-7,10-11,22,26H,8-9H2,1H3. The van der Waals surface area contributed by atoms with Crippen molar-refractivity contribution in [2.75, 3.05) is 18.5 Å². The second-order valence-corrected chi connectivity index (χ2v) is 6.40. The summed E-state index contributed by atoms with van der Waals surface area (Å²) in [7, 11) is 0. The molecule has 146 valence electrons. The van der Waals surface area contributed by atoms with Crippen molar-refractivity contribution in [1.82, 2.24) is 20.1 Å². The van der Waals surface area contributed by atoms with Gasteiger partial charge in [0.15, 0.2) is 0 Å². The van der Waals surface area contributed by atoms with Crippen molar-refractivity contribution in [2.24, 2.45) is 0 Å². The number of aliphatic hydroxyl groups excluding tert-OH is 1. The van der Waals surface area contributed by atoms with Crippen LogP contribution in [0.2, 0.25) is 0 Å². The number of carbonyl (C=O) groups is 2. The van der Waals surface area contributed by atoms with E-state index in [4.69, 9.17) is 9.52 Å². The zero-order chi connectivity index (χ0) is 20.4. The predicted molar refractivity (Wildman–Crippen MR) is 103 cm³/mol. The molecule has 0 aliphatic carbocycles. The highest BCUT2D eigenvalue weighted by molar-refractivity contribution is 6.17. The van der Waals surface area contributed by atoms with Crippen LogP contribution in [-0.2, 0) is 9.59 Å². The van der Waals surface area contributed by atoms with Crippen LogP contribution in [0.25, 0.3) is 22.9 Å². The maximum absolute atomic E-state index is 12.4. The van der Waals surface area contributed by atoms with Crippen LogP contribution in [0.1, 0.15) is 5.56 Å². The number of aromatic nitrogens is 3. The summed E-state index contributed by atoms with van der Waals surface area (Å²) in [6.45, 7) is 1.56. The van der Waals surface area contributed by atoms with E-state index in [1.165, 1.54) is 6.08 Å². The molecule has 1 aliphatic heterocycles. The van der Waals surface area contributed by atoms with E-state index in [1.54, 1.807) is 30.6 Å². The molecule has 9 nitrogen and oxygen atoms in total. The summed E-state index contributed by atoms with van der Waals surface area (Å²) < 4.78 is 5.82. The molecule has 0 spiro atoms. The predicted octanol–water partition coefficient (Wildman–Crippen LogP) is 1.76. The number of anilines is 1. The lowest BCUT2D eigenvalue weighted by Gasteiger charge is -2.14. The van der Waals surface area contributed by atoms with Gasteiger partial charge < -0.3 is 14.8 Å². The molecule has 0 fully saturated rings. The molecule has 2 aromatic heterocycles. The Balaban J connectivity index is 1.66. The van der Waals surface area contributed by atoms with Gasteiger partial charge in [-0.05, 0) is 31.2 Å². The third-order valence-electron chi connectivity index (χ3n) is 4.36. The number of nitrogens with zero attached hydrogens (tertiary/aromatic N) is 4. The first-order valence-electron chi connectivity index (χ1n) is 8.87. The van der Waals surface area contributed by atoms with Gasteiger partial charge in [0.1, 0.15) is 5.70 Å². The molecule has 1 aromatic carbocycles. The molecule has 0 bridgehead atoms. The highest BCUT2D eigenvalue weighted by atomic mass is 16.4. The smallest absolute Gasteiger partial charge is 0.277 e. The van der Waals surface area contributed by atoms with Crippen LogP contribution in [0.3, 0.4) is 0 Å². The molecule has 0 saturated heterocycles. The summed E-state index contributed by atoms with van der Waals surface area (Å²) in [5.74, 6) is -0.362. The van der Waals surface area contributed by atoms with E-state index in [9.17, 15) is 9.59 Å². The van der Waals surface area contributed by atoms with Crippen LogP contribution in [-0.4, -0.2) is 50.2 Å². The Morgan fingerprint density at radius 3 is 2.62 bits per heavy atom. The van der Waals surface area contributed by atoms with Crippen LogP contribution in [0.4, 0.5) is 5.69 Å². The van der Waals surface area contributed by atoms with Crippen molar-refractivity contribution in [3.8, 4) is 22.9 Å². The highest BCUT2D eigenvalue weighted by Gasteiger charge is 2.31. The fourth-order valence-corrected chi connectivity index (χ4v) is 2.94. The van der Waals surface area contributed by atoms with Gasteiger partial charge in [-0.3, -0.25) is 19.5 Å². The fraction of sp³-hybridized carbons (Fsp3) is 0.150. The minimum Gasteiger partial charge on any atom is -0.416 e. The molecule has 2 N–H and O–H groups in total. The first kappa shape index (κ1) is 18.5. The van der Waals surface area contributed by atoms with Gasteiger partial charge in [-0.25, -0.2) is 0 Å². The lowest BCUT2D eigenvalue weighted by molar-refractivity contribution is -0.137. The van der Waals surface area contributed by atoms with Gasteiger partial charge in [0.05, 0.1) is 24.4 Å². The largest absolute Gasteiger partial charge is 0.416 e. The van der Waals surface area contributed by atoms with E-state index in [2.05, 4.69) is 20.5 Å². The van der Waals surface area contributed by atoms with E-state index >= 15 is 0 Å². The normalized spacial score (nSPS) is 13.7. The molecule has 0 unspecified atom stereocenters. The maximum Gasteiger partial charge on any atom is 0.277 e. The number of pyridine rings is 1. The maximum atomic E-state index is 12.4. The summed E-state index contributed by atoms with van der Waals surface area (Å²) in [4.78, 5) is 29.3. The summed E-state index contributed by atoms with van der Waals surface area (Å²) in [5, 5.41) is 20.2. The van der Waals surface area contributed by atoms with Crippen LogP contribution in [0, 0.1) is 6.92 Å². The van der Waals surface area contributed by atoms with Crippen molar-refractivity contribution < 1.29 is 19.1 Å². The average Bonchev–Trinajstić information content (AvgIpc) is 3.31. The molecule has 29 heavy (non-hydrogen) atoms. The summed E-state index contributed by atoms with van der Waals surface area (Å²) >= 11 is 0. The van der Waals surface area contributed by atoms with E-state index in [-0.39, 0.29) is 24.7 Å². The Kier molecular flexibility index (Phi) is 4.88. The van der Waals surface area contributed by atoms with Crippen LogP contribution in [0.15, 0.2) is 58.9 Å². The molecular weight excluding hydrogens is 374 g/mol. The van der Waals surface area contributed by atoms with Gasteiger partial charge in [-0.15, -0.1) is 10.2 Å². The minimum atomic E-state index is -0.501. The van der Waals surface area contributed by atoms with Gasteiger partial charge in [0, 0.05) is 24.0 Å². The summed E-state index contributed by atoms with van der Waals surface area (Å²) in [6.07, 6.45) is 4.47. The molecule has 3 heterocycles. The molecule has 9 heteroatoms. The molecule has 0 atom stereocenters. The van der Waals surface area contributed by atoms with Crippen LogP contribution >= 0.6 is 0 Å². The molecule has 0 saturated carbocycles. The van der Waals surface area contributed by atoms with Crippen molar-refractivity contribution in [1.29, 1.82) is 0 Å². The van der Waals surface area contributed by atoms with E-state index in [0.29, 0.717) is 17.1 Å². The van der Waals surface area contributed by atoms with Crippen molar-refractivity contribution in [2.45, 2.75) is 6.92 Å². The number of imide groups is 1. The second kappa shape index (κ2) is 7.64. The average molecular weight is 391 g/mol. The summed E-state index contributed by atoms with van der Waals surface area (Å²) in [6, 6.07) is 9.00. The highest BCUT2D eigenvalue weighted by Crippen LogP contribution is 2.32. The lowest BCUT2D eigenvalue weighted by atomic mass is 10.1. The zero-order valence-corrected chi connectivity index (χ0v) is 15.5. The number of carbonyl (C=O) groups excluding carboxylic acids is 2. The number of β-amino-alcohol motifs (C(OH)–C–C–N with tert-alkyl or cyclic N) is 1. The van der Waals surface area contributed by atoms with E-state index in [1.807, 2.05) is 19.1 Å². The number of hydrogen-bond donors (Lipinski definition) is 2. The Bertz CT molecular complexity index is 1110. The quantitative estimate of drug-likeness (QED) is 0.610. The molecule has 2 amide bonds. The number of nitrogens with one attached hydrogen (secondary N) is 1. The lowest BCUT2D eigenvalue weighted by Crippen LogP contribution is -2.34. The van der Waals surface area contributed by atoms with E-state index < -0.39 is 11.8 Å². The number of aliphatic hydroxyl groups is 1. The number of aryl methyl sites for hydroxylation is 1. The number of amides is 2. The Labute approximate surface area is 165 Å². The Hall–Kier alpha value is -3.85. The van der Waals surface area contributed by atoms with Gasteiger partial charge >= 0.3 is 0 Å². The SMILES string of the molecule is Cc1ccc(NC2=CC(=O)N(CCO)C2=O)c(-c2nnc(-c3ccncc3)o2)c1. The number of hydrogen-bond acceptors (Lipinski definition) is 8. The Morgan fingerprint density at radius 1 is 1.10 bits per heavy atom. The molecule has 1 aliphatic rings. The number of benzene rings is 1. The zero-order valence-electron chi connectivity index (χ0n) is 15.5. The van der Waals surface area contributed by atoms with Gasteiger partial charge in [-0.1, -0.05) is 11.6 Å². The molecule has 0 radical (unpaired) electrons. The number of rotatable bonds is 6. The third-order valence-corrected chi connectivity index (χ3v) is 4.36. The first-order chi connectivity index (χ1) is 14.1. The van der Waals surface area contributed by atoms with Crippen molar-refractivity contribution in [3.05, 3.63) is 60.1 Å². The van der Waals surface area contributed by atoms with Crippen molar-refractivity contribution >= 4 is 17.5 Å². The molecule has 4 rings (SSSR count). The fourth-order valence-electron chi connectivity index (χ4n) is 2.94. The minimum absolute atomic E-state index is 0.0565. The van der Waals surface area contributed by atoms with Gasteiger partial charge in [0.2, 0.25) is 11.8 Å². The second-order valence-electron chi connectivity index (χ2n) is 6.40. The Morgan fingerprint density at radius 2 is 1.86 bits per heavy atom. The topological polar surface area (TPSA) is 121 Å². The molecule has 3 aromatic rings. The molecular formula is C20H17N5O4. The third kappa shape index (κ3) is 3.63. The van der Waals surface area contributed by atoms with Gasteiger partial charge in [-0.2, -0.15) is 0 Å². The van der Waals surface area contributed by atoms with Gasteiger partial charge in [0.25, 0.3) is 11.8 Å². The monoisotopic (exact) mass is 391 g/mol. The summed E-state index contributed by atoms with van der Waals surface area (Å²) in [5.41, 5.74) is 2.94. The van der Waals surface area contributed by atoms with E-state index in [0.717, 1.165) is 16.0 Å². The van der Waals surface area contributed by atoms with Crippen LogP contribution in [0.5, 0.6) is 0 Å².